The highest BCUT2D eigenvalue weighted by Crippen LogP contribution is 2.63. The second kappa shape index (κ2) is 14.4. The Morgan fingerprint density at radius 3 is 1.52 bits per heavy atom. The van der Waals surface area contributed by atoms with Crippen molar-refractivity contribution in [1.29, 1.82) is 0 Å². The average molecular weight is 879 g/mol. The SMILES string of the molecule is c1ccc(-c2nc(-c3ccccc3)nc(-c3cccc4oc5ccc(-c6ccc7c(c6)c6ccccc6n7-c6ccc7c(c6)-c6ccccc6C76c7ccccc7-c7ccccc76)cc5c34)n2)cc1. The van der Waals surface area contributed by atoms with Gasteiger partial charge in [0.15, 0.2) is 17.5 Å². The van der Waals surface area contributed by atoms with Crippen LogP contribution < -0.4 is 0 Å². The maximum Gasteiger partial charge on any atom is 0.164 e. The zero-order valence-corrected chi connectivity index (χ0v) is 37.1. The molecule has 0 unspecified atom stereocenters. The lowest BCUT2D eigenvalue weighted by Crippen LogP contribution is -2.25. The fraction of sp³-hybridized carbons (Fsp3) is 0.0156. The highest BCUT2D eigenvalue weighted by Gasteiger charge is 2.51. The van der Waals surface area contributed by atoms with E-state index < -0.39 is 0 Å². The largest absolute Gasteiger partial charge is 0.456 e. The van der Waals surface area contributed by atoms with Crippen LogP contribution in [-0.2, 0) is 5.41 Å². The number of aromatic nitrogens is 4. The fourth-order valence-electron chi connectivity index (χ4n) is 11.8. The number of para-hydroxylation sites is 1. The molecule has 69 heavy (non-hydrogen) atoms. The molecule has 3 heterocycles. The molecule has 0 atom stereocenters. The lowest BCUT2D eigenvalue weighted by atomic mass is 9.70. The predicted octanol–water partition coefficient (Wildman–Crippen LogP) is 15.9. The monoisotopic (exact) mass is 878 g/mol. The zero-order valence-electron chi connectivity index (χ0n) is 37.1. The molecule has 0 saturated carbocycles. The van der Waals surface area contributed by atoms with Crippen LogP contribution in [0.5, 0.6) is 0 Å². The molecule has 15 rings (SSSR count). The Bertz CT molecular complexity index is 4160. The van der Waals surface area contributed by atoms with Crippen LogP contribution in [0.15, 0.2) is 235 Å². The van der Waals surface area contributed by atoms with Gasteiger partial charge in [-0.3, -0.25) is 0 Å². The molecule has 0 saturated heterocycles. The number of fused-ring (bicyclic) bond motifs is 16. The lowest BCUT2D eigenvalue weighted by molar-refractivity contribution is 0.669. The first-order valence-corrected chi connectivity index (χ1v) is 23.5. The summed E-state index contributed by atoms with van der Waals surface area (Å²) in [7, 11) is 0. The van der Waals surface area contributed by atoms with E-state index in [0.29, 0.717) is 17.5 Å². The van der Waals surface area contributed by atoms with Gasteiger partial charge in [-0.1, -0.05) is 182 Å². The van der Waals surface area contributed by atoms with Crippen LogP contribution in [0.1, 0.15) is 22.3 Å². The van der Waals surface area contributed by atoms with Crippen molar-refractivity contribution in [3.8, 4) is 73.2 Å². The van der Waals surface area contributed by atoms with Crippen molar-refractivity contribution < 1.29 is 4.42 Å². The Hall–Kier alpha value is -9.19. The van der Waals surface area contributed by atoms with E-state index in [4.69, 9.17) is 19.4 Å². The van der Waals surface area contributed by atoms with Crippen LogP contribution in [0, 0.1) is 0 Å². The first kappa shape index (κ1) is 38.0. The summed E-state index contributed by atoms with van der Waals surface area (Å²) in [6.07, 6.45) is 0. The summed E-state index contributed by atoms with van der Waals surface area (Å²) < 4.78 is 9.00. The van der Waals surface area contributed by atoms with Gasteiger partial charge < -0.3 is 8.98 Å². The van der Waals surface area contributed by atoms with Crippen molar-refractivity contribution in [3.05, 3.63) is 253 Å². The lowest BCUT2D eigenvalue weighted by Gasteiger charge is -2.30. The van der Waals surface area contributed by atoms with Gasteiger partial charge in [0.1, 0.15) is 11.2 Å². The molecule has 1 spiro atoms. The molecule has 5 nitrogen and oxygen atoms in total. The van der Waals surface area contributed by atoms with E-state index in [2.05, 4.69) is 162 Å². The summed E-state index contributed by atoms with van der Waals surface area (Å²) in [5.74, 6) is 1.84. The number of benzene rings is 10. The third-order valence-electron chi connectivity index (χ3n) is 14.7. The number of nitrogens with zero attached hydrogens (tertiary/aromatic N) is 4. The summed E-state index contributed by atoms with van der Waals surface area (Å²) in [5.41, 5.74) is 20.2. The second-order valence-electron chi connectivity index (χ2n) is 18.2. The molecule has 3 aromatic heterocycles. The molecule has 2 aliphatic rings. The van der Waals surface area contributed by atoms with Gasteiger partial charge in [0, 0.05) is 43.9 Å². The molecule has 0 bridgehead atoms. The standard InChI is InChI=1S/C64H38N4O/c1-3-16-39(17-4-1)61-65-62(40-18-5-2-6-19-40)67-63(66-61)48-24-15-29-59-60(48)51-37-42(31-35-58(51)69-59)41-30-34-57-50(36-41)47-23-10-14-28-56(47)68(57)43-32-33-55-49(38-43)46-22-9-13-27-54(46)64(55)52-25-11-7-20-44(52)45-21-8-12-26-53(45)64/h1-38H. The summed E-state index contributed by atoms with van der Waals surface area (Å²) >= 11 is 0. The van der Waals surface area contributed by atoms with Gasteiger partial charge in [-0.2, -0.15) is 0 Å². The van der Waals surface area contributed by atoms with Gasteiger partial charge >= 0.3 is 0 Å². The van der Waals surface area contributed by atoms with Crippen LogP contribution in [0.3, 0.4) is 0 Å². The minimum absolute atomic E-state index is 0.378. The van der Waals surface area contributed by atoms with Gasteiger partial charge in [-0.15, -0.1) is 0 Å². The van der Waals surface area contributed by atoms with Gasteiger partial charge in [0.2, 0.25) is 0 Å². The molecule has 0 fully saturated rings. The minimum Gasteiger partial charge on any atom is -0.456 e. The van der Waals surface area contributed by atoms with Crippen molar-refractivity contribution in [3.63, 3.8) is 0 Å². The smallest absolute Gasteiger partial charge is 0.164 e. The van der Waals surface area contributed by atoms with E-state index in [1.54, 1.807) is 0 Å². The van der Waals surface area contributed by atoms with E-state index in [-0.39, 0.29) is 5.41 Å². The highest BCUT2D eigenvalue weighted by atomic mass is 16.3. The number of hydrogen-bond donors (Lipinski definition) is 0. The van der Waals surface area contributed by atoms with Crippen molar-refractivity contribution in [2.75, 3.05) is 0 Å². The maximum atomic E-state index is 6.56. The van der Waals surface area contributed by atoms with Crippen LogP contribution >= 0.6 is 0 Å². The Morgan fingerprint density at radius 2 is 0.841 bits per heavy atom. The van der Waals surface area contributed by atoms with Crippen molar-refractivity contribution in [2.45, 2.75) is 5.41 Å². The first-order valence-electron chi connectivity index (χ1n) is 23.5. The van der Waals surface area contributed by atoms with Gasteiger partial charge in [-0.05, 0) is 104 Å². The fourth-order valence-corrected chi connectivity index (χ4v) is 11.8. The molecule has 0 amide bonds. The topological polar surface area (TPSA) is 56.7 Å². The molecule has 2 aliphatic carbocycles. The minimum atomic E-state index is -0.378. The van der Waals surface area contributed by atoms with Crippen molar-refractivity contribution >= 4 is 43.7 Å². The van der Waals surface area contributed by atoms with E-state index in [1.165, 1.54) is 60.8 Å². The molecule has 0 radical (unpaired) electrons. The quantitative estimate of drug-likeness (QED) is 0.173. The number of furan rings is 1. The third-order valence-corrected chi connectivity index (χ3v) is 14.7. The molecule has 13 aromatic rings. The summed E-state index contributed by atoms with van der Waals surface area (Å²) in [4.78, 5) is 15.2. The highest BCUT2D eigenvalue weighted by molar-refractivity contribution is 6.14. The Balaban J connectivity index is 0.880. The molecule has 0 N–H and O–H groups in total. The summed E-state index contributed by atoms with van der Waals surface area (Å²) in [5, 5.41) is 4.39. The Morgan fingerprint density at radius 1 is 0.319 bits per heavy atom. The van der Waals surface area contributed by atoms with Gasteiger partial charge in [0.05, 0.1) is 16.4 Å². The van der Waals surface area contributed by atoms with Gasteiger partial charge in [-0.25, -0.2) is 15.0 Å². The van der Waals surface area contributed by atoms with Crippen molar-refractivity contribution in [2.24, 2.45) is 0 Å². The Kier molecular flexibility index (Phi) is 7.93. The molecule has 0 aliphatic heterocycles. The van der Waals surface area contributed by atoms with E-state index >= 15 is 0 Å². The van der Waals surface area contributed by atoms with Crippen LogP contribution in [0.2, 0.25) is 0 Å². The maximum absolute atomic E-state index is 6.56. The normalized spacial score (nSPS) is 13.0. The third kappa shape index (κ3) is 5.38. The van der Waals surface area contributed by atoms with Crippen molar-refractivity contribution in [1.82, 2.24) is 19.5 Å². The number of rotatable bonds is 5. The van der Waals surface area contributed by atoms with E-state index in [1.807, 2.05) is 72.8 Å². The zero-order chi connectivity index (χ0) is 45.2. The van der Waals surface area contributed by atoms with Gasteiger partial charge in [0.25, 0.3) is 0 Å². The molecular weight excluding hydrogens is 841 g/mol. The molecule has 10 aromatic carbocycles. The van der Waals surface area contributed by atoms with Crippen LogP contribution in [0.4, 0.5) is 0 Å². The van der Waals surface area contributed by atoms with Crippen LogP contribution in [0.25, 0.3) is 117 Å². The van der Waals surface area contributed by atoms with E-state index in [0.717, 1.165) is 61.0 Å². The Labute approximate surface area is 397 Å². The molecule has 5 heteroatoms. The second-order valence-corrected chi connectivity index (χ2v) is 18.2. The first-order chi connectivity index (χ1) is 34.2. The predicted molar refractivity (Wildman–Crippen MR) is 279 cm³/mol. The molecule has 320 valence electrons. The summed E-state index contributed by atoms with van der Waals surface area (Å²) in [6.45, 7) is 0. The van der Waals surface area contributed by atoms with Crippen LogP contribution in [-0.4, -0.2) is 19.5 Å². The summed E-state index contributed by atoms with van der Waals surface area (Å²) in [6, 6.07) is 82.8. The average Bonchev–Trinajstić information content (AvgIpc) is 4.14. The number of hydrogen-bond acceptors (Lipinski definition) is 4. The van der Waals surface area contributed by atoms with E-state index in [9.17, 15) is 0 Å². The molecular formula is C64H38N4O.